The van der Waals surface area contributed by atoms with Crippen LogP contribution in [0.5, 0.6) is 0 Å². The molecule has 4 heteroatoms. The molecule has 0 bridgehead atoms. The second-order valence-corrected chi connectivity index (χ2v) is 4.90. The Bertz CT molecular complexity index is 585. The van der Waals surface area contributed by atoms with Gasteiger partial charge in [0.1, 0.15) is 0 Å². The Balaban J connectivity index is 1.79. The van der Waals surface area contributed by atoms with Gasteiger partial charge in [0.2, 0.25) is 0 Å². The van der Waals surface area contributed by atoms with Crippen LogP contribution in [0.3, 0.4) is 0 Å². The van der Waals surface area contributed by atoms with Crippen molar-refractivity contribution in [1.82, 2.24) is 14.9 Å². The molecule has 0 saturated carbocycles. The van der Waals surface area contributed by atoms with Crippen molar-refractivity contribution in [2.75, 3.05) is 6.54 Å². The highest BCUT2D eigenvalue weighted by atomic mass is 15.1. The zero-order chi connectivity index (χ0) is 13.1. The molecule has 0 spiro atoms. The average Bonchev–Trinajstić information content (AvgIpc) is 3.10. The van der Waals surface area contributed by atoms with Gasteiger partial charge in [-0.15, -0.1) is 0 Å². The number of hydrogen-bond donors (Lipinski definition) is 1. The molecular formula is C15H16N4. The molecule has 96 valence electrons. The zero-order valence-corrected chi connectivity index (χ0v) is 10.7. The number of aromatic nitrogens is 2. The molecule has 1 N–H and O–H groups in total. The Hall–Kier alpha value is -2.12. The average molecular weight is 252 g/mol. The molecule has 1 aliphatic heterocycles. The largest absolute Gasteiger partial charge is 0.329 e. The van der Waals surface area contributed by atoms with E-state index in [9.17, 15) is 0 Å². The summed E-state index contributed by atoms with van der Waals surface area (Å²) in [7, 11) is 0. The Morgan fingerprint density at radius 1 is 1.37 bits per heavy atom. The van der Waals surface area contributed by atoms with Crippen LogP contribution in [0.4, 0.5) is 0 Å². The van der Waals surface area contributed by atoms with Gasteiger partial charge in [0.05, 0.1) is 23.7 Å². The summed E-state index contributed by atoms with van der Waals surface area (Å²) in [4.78, 5) is 4.27. The standard InChI is InChI=1S/C15H16N4/c16-8-12-3-5-13(6-4-12)10-19-11-17-9-15(19)14-2-1-7-18-14/h3-6,9,11,14,18H,1-2,7,10H2. The fraction of sp³-hybridized carbons (Fsp3) is 0.333. The van der Waals surface area contributed by atoms with Crippen LogP contribution in [0.25, 0.3) is 0 Å². The Kier molecular flexibility index (Phi) is 3.30. The Morgan fingerprint density at radius 3 is 2.89 bits per heavy atom. The third-order valence-electron chi connectivity index (χ3n) is 3.60. The second-order valence-electron chi connectivity index (χ2n) is 4.90. The smallest absolute Gasteiger partial charge is 0.0991 e. The first-order valence-electron chi connectivity index (χ1n) is 6.59. The van der Waals surface area contributed by atoms with E-state index in [1.54, 1.807) is 0 Å². The highest BCUT2D eigenvalue weighted by molar-refractivity contribution is 5.31. The molecule has 2 heterocycles. The van der Waals surface area contributed by atoms with Gasteiger partial charge in [-0.05, 0) is 37.1 Å². The molecule has 3 rings (SSSR count). The van der Waals surface area contributed by atoms with E-state index in [4.69, 9.17) is 5.26 Å². The molecule has 19 heavy (non-hydrogen) atoms. The van der Waals surface area contributed by atoms with Crippen LogP contribution in [0, 0.1) is 11.3 Å². The molecule has 4 nitrogen and oxygen atoms in total. The number of nitriles is 1. The molecule has 2 aromatic rings. The quantitative estimate of drug-likeness (QED) is 0.911. The van der Waals surface area contributed by atoms with Gasteiger partial charge in [-0.3, -0.25) is 0 Å². The number of hydrogen-bond acceptors (Lipinski definition) is 3. The van der Waals surface area contributed by atoms with Crippen LogP contribution >= 0.6 is 0 Å². The van der Waals surface area contributed by atoms with E-state index < -0.39 is 0 Å². The van der Waals surface area contributed by atoms with Crippen LogP contribution in [0.1, 0.15) is 35.7 Å². The van der Waals surface area contributed by atoms with Crippen molar-refractivity contribution >= 4 is 0 Å². The zero-order valence-electron chi connectivity index (χ0n) is 10.7. The molecule has 1 aromatic heterocycles. The van der Waals surface area contributed by atoms with E-state index in [0.29, 0.717) is 11.6 Å². The summed E-state index contributed by atoms with van der Waals surface area (Å²) in [5, 5.41) is 12.3. The number of rotatable bonds is 3. The van der Waals surface area contributed by atoms with E-state index in [1.807, 2.05) is 36.8 Å². The van der Waals surface area contributed by atoms with Crippen molar-refractivity contribution in [3.05, 3.63) is 53.6 Å². The van der Waals surface area contributed by atoms with Crippen molar-refractivity contribution < 1.29 is 0 Å². The summed E-state index contributed by atoms with van der Waals surface area (Å²) < 4.78 is 2.18. The summed E-state index contributed by atoms with van der Waals surface area (Å²) in [6.07, 6.45) is 6.24. The van der Waals surface area contributed by atoms with Gasteiger partial charge >= 0.3 is 0 Å². The highest BCUT2D eigenvalue weighted by Gasteiger charge is 2.19. The van der Waals surface area contributed by atoms with Gasteiger partial charge in [-0.25, -0.2) is 4.98 Å². The number of nitrogens with one attached hydrogen (secondary N) is 1. The van der Waals surface area contributed by atoms with E-state index >= 15 is 0 Å². The highest BCUT2D eigenvalue weighted by Crippen LogP contribution is 2.23. The summed E-state index contributed by atoms with van der Waals surface area (Å²) >= 11 is 0. The summed E-state index contributed by atoms with van der Waals surface area (Å²) in [6.45, 7) is 1.89. The van der Waals surface area contributed by atoms with Crippen LogP contribution < -0.4 is 5.32 Å². The van der Waals surface area contributed by atoms with Crippen LogP contribution in [0.2, 0.25) is 0 Å². The monoisotopic (exact) mass is 252 g/mol. The normalized spacial score (nSPS) is 18.4. The predicted molar refractivity (Wildman–Crippen MR) is 72.5 cm³/mol. The maximum absolute atomic E-state index is 8.80. The molecule has 0 amide bonds. The van der Waals surface area contributed by atoms with Gasteiger partial charge in [0.25, 0.3) is 0 Å². The number of nitrogens with zero attached hydrogens (tertiary/aromatic N) is 3. The van der Waals surface area contributed by atoms with Gasteiger partial charge in [-0.2, -0.15) is 5.26 Å². The minimum Gasteiger partial charge on any atom is -0.329 e. The predicted octanol–water partition coefficient (Wildman–Crippen LogP) is 2.23. The topological polar surface area (TPSA) is 53.6 Å². The Morgan fingerprint density at radius 2 is 2.21 bits per heavy atom. The van der Waals surface area contributed by atoms with Gasteiger partial charge in [0, 0.05) is 18.8 Å². The Labute approximate surface area is 112 Å². The van der Waals surface area contributed by atoms with E-state index in [1.165, 1.54) is 24.1 Å². The first kappa shape index (κ1) is 11.9. The lowest BCUT2D eigenvalue weighted by Crippen LogP contribution is -2.17. The van der Waals surface area contributed by atoms with Crippen molar-refractivity contribution in [2.45, 2.75) is 25.4 Å². The van der Waals surface area contributed by atoms with Crippen LogP contribution in [0.15, 0.2) is 36.8 Å². The first-order valence-corrected chi connectivity index (χ1v) is 6.59. The molecule has 1 saturated heterocycles. The maximum atomic E-state index is 8.80. The van der Waals surface area contributed by atoms with Crippen molar-refractivity contribution in [3.63, 3.8) is 0 Å². The van der Waals surface area contributed by atoms with Crippen molar-refractivity contribution in [1.29, 1.82) is 5.26 Å². The number of imidazole rings is 1. The fourth-order valence-electron chi connectivity index (χ4n) is 2.57. The molecule has 1 aromatic carbocycles. The first-order chi connectivity index (χ1) is 9.36. The van der Waals surface area contributed by atoms with Crippen LogP contribution in [-0.4, -0.2) is 16.1 Å². The molecular weight excluding hydrogens is 236 g/mol. The van der Waals surface area contributed by atoms with Crippen molar-refractivity contribution in [2.24, 2.45) is 0 Å². The lowest BCUT2D eigenvalue weighted by Gasteiger charge is -2.14. The third kappa shape index (κ3) is 2.51. The van der Waals surface area contributed by atoms with Crippen molar-refractivity contribution in [3.8, 4) is 6.07 Å². The van der Waals surface area contributed by atoms with Crippen LogP contribution in [-0.2, 0) is 6.54 Å². The fourth-order valence-corrected chi connectivity index (χ4v) is 2.57. The molecule has 1 unspecified atom stereocenters. The minimum absolute atomic E-state index is 0.431. The maximum Gasteiger partial charge on any atom is 0.0991 e. The van der Waals surface area contributed by atoms with Gasteiger partial charge in [0.15, 0.2) is 0 Å². The minimum atomic E-state index is 0.431. The lowest BCUT2D eigenvalue weighted by atomic mass is 10.1. The SMILES string of the molecule is N#Cc1ccc(Cn2cncc2C2CCCN2)cc1. The molecule has 0 radical (unpaired) electrons. The summed E-state index contributed by atoms with van der Waals surface area (Å²) in [6, 6.07) is 10.3. The third-order valence-corrected chi connectivity index (χ3v) is 3.60. The summed E-state index contributed by atoms with van der Waals surface area (Å²) in [5.74, 6) is 0. The molecule has 1 fully saturated rings. The second kappa shape index (κ2) is 5.25. The van der Waals surface area contributed by atoms with E-state index in [2.05, 4.69) is 20.9 Å². The molecule has 1 atom stereocenters. The van der Waals surface area contributed by atoms with Gasteiger partial charge < -0.3 is 9.88 Å². The lowest BCUT2D eigenvalue weighted by molar-refractivity contribution is 0.584. The molecule has 1 aliphatic rings. The van der Waals surface area contributed by atoms with E-state index in [0.717, 1.165) is 13.1 Å². The van der Waals surface area contributed by atoms with Gasteiger partial charge in [-0.1, -0.05) is 12.1 Å². The summed E-state index contributed by atoms with van der Waals surface area (Å²) in [5.41, 5.74) is 3.14. The van der Waals surface area contributed by atoms with E-state index in [-0.39, 0.29) is 0 Å². The number of benzene rings is 1. The molecule has 0 aliphatic carbocycles.